The van der Waals surface area contributed by atoms with E-state index in [0.717, 1.165) is 43.7 Å². The van der Waals surface area contributed by atoms with Crippen molar-refractivity contribution >= 4 is 0 Å². The van der Waals surface area contributed by atoms with Gasteiger partial charge < -0.3 is 14.2 Å². The lowest BCUT2D eigenvalue weighted by Gasteiger charge is -2.53. The van der Waals surface area contributed by atoms with Gasteiger partial charge in [0.25, 0.3) is 0 Å². The van der Waals surface area contributed by atoms with Crippen LogP contribution in [0.25, 0.3) is 0 Å². The lowest BCUT2D eigenvalue weighted by atomic mass is 9.84. The van der Waals surface area contributed by atoms with E-state index in [-0.39, 0.29) is 11.7 Å². The average molecular weight is 356 g/mol. The van der Waals surface area contributed by atoms with Gasteiger partial charge in [-0.05, 0) is 19.1 Å². The lowest BCUT2D eigenvalue weighted by Crippen LogP contribution is -2.65. The van der Waals surface area contributed by atoms with Crippen LogP contribution in [0.3, 0.4) is 0 Å². The Hall–Kier alpha value is -2.25. The maximum atomic E-state index is 6.11. The Morgan fingerprint density at radius 2 is 2.15 bits per heavy atom. The standard InChI is InChI=1S/C19H24N4O3/c1-14-5-8-21-18(22-14)26-16-6-9-25-19(10-16)12-23(13-19)11-15-4-3-7-20-17(15)24-2/h3-5,7-8,16H,6,9-13H2,1-2H3/t16-/m1/s1. The fraction of sp³-hybridized carbons (Fsp3) is 0.526. The number of methoxy groups -OCH3 is 1. The zero-order valence-electron chi connectivity index (χ0n) is 15.2. The second-order valence-corrected chi connectivity index (χ2v) is 7.06. The van der Waals surface area contributed by atoms with Crippen molar-refractivity contribution in [2.24, 2.45) is 0 Å². The third-order valence-corrected chi connectivity index (χ3v) is 4.95. The summed E-state index contributed by atoms with van der Waals surface area (Å²) >= 11 is 0. The highest BCUT2D eigenvalue weighted by atomic mass is 16.5. The summed E-state index contributed by atoms with van der Waals surface area (Å²) in [6.07, 6.45) is 5.32. The summed E-state index contributed by atoms with van der Waals surface area (Å²) in [4.78, 5) is 15.2. The van der Waals surface area contributed by atoms with E-state index >= 15 is 0 Å². The van der Waals surface area contributed by atoms with Gasteiger partial charge in [0.05, 0.1) is 19.3 Å². The maximum absolute atomic E-state index is 6.11. The second kappa shape index (κ2) is 7.17. The molecule has 7 nitrogen and oxygen atoms in total. The van der Waals surface area contributed by atoms with E-state index in [1.165, 1.54) is 0 Å². The fourth-order valence-electron chi connectivity index (χ4n) is 3.79. The van der Waals surface area contributed by atoms with E-state index in [2.05, 4.69) is 25.9 Å². The molecule has 0 radical (unpaired) electrons. The SMILES string of the molecule is COc1ncccc1CN1CC2(C[C@H](Oc3nccc(C)n3)CCO2)C1. The molecule has 0 bridgehead atoms. The molecule has 1 spiro atoms. The molecule has 7 heteroatoms. The topological polar surface area (TPSA) is 69.6 Å². The number of rotatable bonds is 5. The van der Waals surface area contributed by atoms with E-state index in [1.807, 2.05) is 19.1 Å². The van der Waals surface area contributed by atoms with E-state index in [1.54, 1.807) is 19.5 Å². The number of pyridine rings is 1. The highest BCUT2D eigenvalue weighted by Crippen LogP contribution is 2.36. The van der Waals surface area contributed by atoms with Crippen LogP contribution in [0.1, 0.15) is 24.1 Å². The van der Waals surface area contributed by atoms with Crippen molar-refractivity contribution in [3.8, 4) is 11.9 Å². The Morgan fingerprint density at radius 1 is 1.27 bits per heavy atom. The Bertz CT molecular complexity index is 764. The van der Waals surface area contributed by atoms with E-state index in [4.69, 9.17) is 14.2 Å². The largest absolute Gasteiger partial charge is 0.481 e. The molecule has 0 aliphatic carbocycles. The molecule has 2 aromatic rings. The molecule has 4 heterocycles. The van der Waals surface area contributed by atoms with E-state index in [0.29, 0.717) is 18.5 Å². The number of ether oxygens (including phenoxy) is 3. The van der Waals surface area contributed by atoms with Gasteiger partial charge in [0.15, 0.2) is 0 Å². The molecule has 2 aromatic heterocycles. The molecule has 2 fully saturated rings. The molecule has 138 valence electrons. The maximum Gasteiger partial charge on any atom is 0.316 e. The molecule has 0 unspecified atom stereocenters. The molecule has 2 saturated heterocycles. The fourth-order valence-corrected chi connectivity index (χ4v) is 3.79. The van der Waals surface area contributed by atoms with Crippen molar-refractivity contribution in [1.82, 2.24) is 19.9 Å². The first kappa shape index (κ1) is 17.2. The summed E-state index contributed by atoms with van der Waals surface area (Å²) in [5, 5.41) is 0. The summed E-state index contributed by atoms with van der Waals surface area (Å²) in [7, 11) is 1.66. The molecule has 2 aliphatic rings. The number of likely N-dealkylation sites (tertiary alicyclic amines) is 1. The van der Waals surface area contributed by atoms with Gasteiger partial charge in [-0.3, -0.25) is 4.90 Å². The zero-order chi connectivity index (χ0) is 18.0. The van der Waals surface area contributed by atoms with Crippen LogP contribution in [-0.4, -0.2) is 58.4 Å². The summed E-state index contributed by atoms with van der Waals surface area (Å²) in [6.45, 7) is 5.24. The highest BCUT2D eigenvalue weighted by molar-refractivity contribution is 5.25. The molecular formula is C19H24N4O3. The first-order valence-corrected chi connectivity index (χ1v) is 8.96. The predicted molar refractivity (Wildman–Crippen MR) is 95.2 cm³/mol. The Morgan fingerprint density at radius 3 is 2.96 bits per heavy atom. The van der Waals surface area contributed by atoms with Crippen LogP contribution in [-0.2, 0) is 11.3 Å². The Balaban J connectivity index is 1.34. The van der Waals surface area contributed by atoms with Gasteiger partial charge in [-0.1, -0.05) is 6.07 Å². The minimum atomic E-state index is -0.123. The summed E-state index contributed by atoms with van der Waals surface area (Å²) < 4.78 is 17.5. The summed E-state index contributed by atoms with van der Waals surface area (Å²) in [6, 6.07) is 6.33. The molecule has 0 aromatic carbocycles. The lowest BCUT2D eigenvalue weighted by molar-refractivity contribution is -0.188. The van der Waals surface area contributed by atoms with Gasteiger partial charge in [0.2, 0.25) is 5.88 Å². The van der Waals surface area contributed by atoms with Crippen molar-refractivity contribution in [1.29, 1.82) is 0 Å². The molecule has 26 heavy (non-hydrogen) atoms. The van der Waals surface area contributed by atoms with Crippen molar-refractivity contribution in [3.05, 3.63) is 41.9 Å². The second-order valence-electron chi connectivity index (χ2n) is 7.06. The summed E-state index contributed by atoms with van der Waals surface area (Å²) in [5.74, 6) is 0.691. The van der Waals surface area contributed by atoms with Crippen molar-refractivity contribution < 1.29 is 14.2 Å². The van der Waals surface area contributed by atoms with E-state index < -0.39 is 0 Å². The molecule has 2 aliphatic heterocycles. The predicted octanol–water partition coefficient (Wildman–Crippen LogP) is 2.00. The van der Waals surface area contributed by atoms with Crippen LogP contribution in [0.15, 0.2) is 30.6 Å². The van der Waals surface area contributed by atoms with Crippen molar-refractivity contribution in [3.63, 3.8) is 0 Å². The van der Waals surface area contributed by atoms with Crippen LogP contribution in [0.5, 0.6) is 11.9 Å². The minimum Gasteiger partial charge on any atom is -0.481 e. The molecule has 4 rings (SSSR count). The molecule has 0 N–H and O–H groups in total. The Kier molecular flexibility index (Phi) is 4.74. The molecular weight excluding hydrogens is 332 g/mol. The van der Waals surface area contributed by atoms with Gasteiger partial charge in [0.1, 0.15) is 6.10 Å². The number of aromatic nitrogens is 3. The van der Waals surface area contributed by atoms with Crippen LogP contribution < -0.4 is 9.47 Å². The van der Waals surface area contributed by atoms with Crippen molar-refractivity contribution in [2.45, 2.75) is 38.0 Å². The molecule has 0 amide bonds. The van der Waals surface area contributed by atoms with Crippen LogP contribution in [0, 0.1) is 6.92 Å². The third-order valence-electron chi connectivity index (χ3n) is 4.95. The molecule has 1 atom stereocenters. The number of hydrogen-bond donors (Lipinski definition) is 0. The first-order chi connectivity index (χ1) is 12.7. The van der Waals surface area contributed by atoms with Gasteiger partial charge >= 0.3 is 6.01 Å². The van der Waals surface area contributed by atoms with Gasteiger partial charge in [-0.2, -0.15) is 0 Å². The van der Waals surface area contributed by atoms with Gasteiger partial charge in [-0.25, -0.2) is 15.0 Å². The number of aryl methyl sites for hydroxylation is 1. The third kappa shape index (κ3) is 3.64. The number of hydrogen-bond acceptors (Lipinski definition) is 7. The smallest absolute Gasteiger partial charge is 0.316 e. The van der Waals surface area contributed by atoms with Gasteiger partial charge in [0, 0.05) is 56.1 Å². The van der Waals surface area contributed by atoms with E-state index in [9.17, 15) is 0 Å². The minimum absolute atomic E-state index is 0.0978. The monoisotopic (exact) mass is 356 g/mol. The van der Waals surface area contributed by atoms with Crippen LogP contribution in [0.4, 0.5) is 0 Å². The van der Waals surface area contributed by atoms with Crippen molar-refractivity contribution in [2.75, 3.05) is 26.8 Å². The van der Waals surface area contributed by atoms with Crippen LogP contribution in [0.2, 0.25) is 0 Å². The quantitative estimate of drug-likeness (QED) is 0.811. The summed E-state index contributed by atoms with van der Waals surface area (Å²) in [5.41, 5.74) is 1.89. The first-order valence-electron chi connectivity index (χ1n) is 8.96. The van der Waals surface area contributed by atoms with Crippen LogP contribution >= 0.6 is 0 Å². The number of nitrogens with zero attached hydrogens (tertiary/aromatic N) is 4. The Labute approximate surface area is 153 Å². The zero-order valence-corrected chi connectivity index (χ0v) is 15.2. The normalized spacial score (nSPS) is 22.0. The van der Waals surface area contributed by atoms with Gasteiger partial charge in [-0.15, -0.1) is 0 Å². The highest BCUT2D eigenvalue weighted by Gasteiger charge is 2.48. The average Bonchev–Trinajstić information content (AvgIpc) is 2.61. The molecule has 0 saturated carbocycles.